The van der Waals surface area contributed by atoms with Crippen molar-refractivity contribution in [2.45, 2.75) is 81.1 Å². The third-order valence-electron chi connectivity index (χ3n) is 7.68. The molecule has 1 aromatic heterocycles. The number of carboxylic acids is 1. The van der Waals surface area contributed by atoms with E-state index in [1.807, 2.05) is 0 Å². The van der Waals surface area contributed by atoms with E-state index in [0.29, 0.717) is 12.8 Å². The molecule has 0 bridgehead atoms. The van der Waals surface area contributed by atoms with E-state index in [-0.39, 0.29) is 36.1 Å². The number of likely N-dealkylation sites (N-methyl/N-ethyl adjacent to an activating group) is 1. The Morgan fingerprint density at radius 2 is 1.81 bits per heavy atom. The quantitative estimate of drug-likeness (QED) is 0.362. The summed E-state index contributed by atoms with van der Waals surface area (Å²) in [4.78, 5) is 16.7. The molecule has 232 valence electrons. The van der Waals surface area contributed by atoms with E-state index < -0.39 is 69.1 Å². The highest BCUT2D eigenvalue weighted by Crippen LogP contribution is 2.46. The predicted octanol–water partition coefficient (Wildman–Crippen LogP) is 5.57. The number of carbonyl (C=O) groups is 1. The highest BCUT2D eigenvalue weighted by atomic mass is 32.2. The van der Waals surface area contributed by atoms with Gasteiger partial charge in [0.2, 0.25) is 21.8 Å². The molecule has 1 aromatic carbocycles. The SMILES string of the molecule is COc1ccc(COc2cc3c(cc2C(F)(F)F)N(C2CCCC2)C[C@@H](CCC(C)(F)F)N(C)S3(=O)=O)c(C(=O)O)n1. The van der Waals surface area contributed by atoms with Crippen LogP contribution in [0.25, 0.3) is 0 Å². The highest BCUT2D eigenvalue weighted by Gasteiger charge is 2.43. The van der Waals surface area contributed by atoms with Gasteiger partial charge in [-0.3, -0.25) is 0 Å². The lowest BCUT2D eigenvalue weighted by Gasteiger charge is -2.34. The van der Waals surface area contributed by atoms with Crippen LogP contribution in [0, 0.1) is 0 Å². The van der Waals surface area contributed by atoms with Crippen molar-refractivity contribution in [2.24, 2.45) is 0 Å². The monoisotopic (exact) mass is 621 g/mol. The van der Waals surface area contributed by atoms with Gasteiger partial charge in [-0.25, -0.2) is 27.0 Å². The Balaban J connectivity index is 1.82. The Hall–Kier alpha value is -3.20. The fraction of sp³-hybridized carbons (Fsp3) is 0.556. The van der Waals surface area contributed by atoms with Crippen LogP contribution in [0.5, 0.6) is 11.6 Å². The lowest BCUT2D eigenvalue weighted by atomic mass is 10.0. The number of pyridine rings is 1. The van der Waals surface area contributed by atoms with E-state index in [4.69, 9.17) is 9.47 Å². The first kappa shape index (κ1) is 31.7. The van der Waals surface area contributed by atoms with Crippen LogP contribution in [0.3, 0.4) is 0 Å². The number of hydrogen-bond acceptors (Lipinski definition) is 7. The maximum Gasteiger partial charge on any atom is 0.420 e. The molecule has 1 atom stereocenters. The van der Waals surface area contributed by atoms with E-state index in [2.05, 4.69) is 4.98 Å². The Morgan fingerprint density at radius 3 is 2.38 bits per heavy atom. The van der Waals surface area contributed by atoms with Crippen LogP contribution in [-0.2, 0) is 22.8 Å². The molecule has 1 fully saturated rings. The van der Waals surface area contributed by atoms with Crippen molar-refractivity contribution in [2.75, 3.05) is 25.6 Å². The van der Waals surface area contributed by atoms with Crippen LogP contribution in [0.15, 0.2) is 29.2 Å². The number of ether oxygens (including phenoxy) is 2. The Labute approximate surface area is 240 Å². The van der Waals surface area contributed by atoms with Gasteiger partial charge in [0.15, 0.2) is 5.69 Å². The third kappa shape index (κ3) is 6.72. The molecule has 0 amide bonds. The van der Waals surface area contributed by atoms with Gasteiger partial charge < -0.3 is 19.5 Å². The highest BCUT2D eigenvalue weighted by molar-refractivity contribution is 7.89. The molecule has 0 saturated heterocycles. The van der Waals surface area contributed by atoms with Crippen molar-refractivity contribution < 1.29 is 49.7 Å². The van der Waals surface area contributed by atoms with Gasteiger partial charge in [0.25, 0.3) is 0 Å². The van der Waals surface area contributed by atoms with Gasteiger partial charge in [-0.05, 0) is 38.3 Å². The summed E-state index contributed by atoms with van der Waals surface area (Å²) in [6.45, 7) is 0.00637. The smallest absolute Gasteiger partial charge is 0.420 e. The molecule has 0 radical (unpaired) electrons. The molecule has 42 heavy (non-hydrogen) atoms. The minimum Gasteiger partial charge on any atom is -0.488 e. The van der Waals surface area contributed by atoms with E-state index in [0.717, 1.165) is 36.2 Å². The number of aromatic carboxylic acids is 1. The fourth-order valence-electron chi connectivity index (χ4n) is 5.41. The maximum absolute atomic E-state index is 14.4. The van der Waals surface area contributed by atoms with Gasteiger partial charge in [-0.2, -0.15) is 17.5 Å². The van der Waals surface area contributed by atoms with Gasteiger partial charge in [0, 0.05) is 49.8 Å². The number of sulfonamides is 1. The van der Waals surface area contributed by atoms with Gasteiger partial charge in [-0.1, -0.05) is 12.8 Å². The average Bonchev–Trinajstić information content (AvgIpc) is 3.42. The lowest BCUT2D eigenvalue weighted by Crippen LogP contribution is -2.45. The van der Waals surface area contributed by atoms with Crippen LogP contribution in [0.2, 0.25) is 0 Å². The number of benzene rings is 1. The van der Waals surface area contributed by atoms with E-state index in [9.17, 15) is 40.3 Å². The number of carboxylic acid groups (broad SMARTS) is 1. The van der Waals surface area contributed by atoms with Crippen molar-refractivity contribution in [1.82, 2.24) is 9.29 Å². The third-order valence-corrected chi connectivity index (χ3v) is 9.62. The number of aromatic nitrogens is 1. The van der Waals surface area contributed by atoms with Gasteiger partial charge in [0.05, 0.1) is 18.4 Å². The second kappa shape index (κ2) is 11.8. The fourth-order valence-corrected chi connectivity index (χ4v) is 6.98. The first-order valence-corrected chi connectivity index (χ1v) is 14.7. The molecule has 1 aliphatic heterocycles. The second-order valence-electron chi connectivity index (χ2n) is 10.6. The van der Waals surface area contributed by atoms with Crippen molar-refractivity contribution in [3.63, 3.8) is 0 Å². The summed E-state index contributed by atoms with van der Waals surface area (Å²) < 4.78 is 110. The Kier molecular flexibility index (Phi) is 8.93. The molecular weight excluding hydrogens is 589 g/mol. The Morgan fingerprint density at radius 1 is 1.14 bits per heavy atom. The zero-order valence-corrected chi connectivity index (χ0v) is 24.1. The van der Waals surface area contributed by atoms with Crippen molar-refractivity contribution in [1.29, 1.82) is 0 Å². The normalized spacial score (nSPS) is 19.8. The number of hydrogen-bond donors (Lipinski definition) is 1. The van der Waals surface area contributed by atoms with Crippen LogP contribution < -0.4 is 14.4 Å². The van der Waals surface area contributed by atoms with Crippen molar-refractivity contribution in [3.05, 3.63) is 41.1 Å². The van der Waals surface area contributed by atoms with Crippen LogP contribution in [0.1, 0.15) is 67.1 Å². The molecule has 1 saturated carbocycles. The predicted molar refractivity (Wildman–Crippen MR) is 142 cm³/mol. The molecule has 2 aromatic rings. The number of methoxy groups -OCH3 is 1. The molecular formula is C27H32F5N3O6S. The number of anilines is 1. The number of nitrogens with zero attached hydrogens (tertiary/aromatic N) is 3. The standard InChI is InChI=1S/C27H32F5N3O6S/c1-26(28,29)11-10-18-14-35(17-6-4-5-7-17)20-12-19(27(30,31)32)21(13-22(20)42(38,39)34(18)2)41-15-16-8-9-23(40-3)33-24(16)25(36)37/h8-9,12-13,17-18H,4-7,10-11,14-15H2,1-3H3,(H,36,37)/t18-/m1/s1. The topological polar surface area (TPSA) is 109 Å². The van der Waals surface area contributed by atoms with Gasteiger partial charge >= 0.3 is 12.1 Å². The first-order chi connectivity index (χ1) is 19.5. The van der Waals surface area contributed by atoms with Gasteiger partial charge in [-0.15, -0.1) is 0 Å². The summed E-state index contributed by atoms with van der Waals surface area (Å²) in [5.74, 6) is -5.38. The number of fused-ring (bicyclic) bond motifs is 1. The molecule has 4 rings (SSSR count). The van der Waals surface area contributed by atoms with Crippen molar-refractivity contribution >= 4 is 21.7 Å². The summed E-state index contributed by atoms with van der Waals surface area (Å²) in [6.07, 6.45) is -2.95. The summed E-state index contributed by atoms with van der Waals surface area (Å²) >= 11 is 0. The molecule has 0 spiro atoms. The zero-order chi connectivity index (χ0) is 31.0. The van der Waals surface area contributed by atoms with Crippen LogP contribution in [0.4, 0.5) is 27.6 Å². The molecule has 1 N–H and O–H groups in total. The summed E-state index contributed by atoms with van der Waals surface area (Å²) in [6, 6.07) is 2.91. The minimum absolute atomic E-state index is 0.0336. The number of alkyl halides is 5. The maximum atomic E-state index is 14.4. The van der Waals surface area contributed by atoms with E-state index in [1.165, 1.54) is 26.3 Å². The Bertz CT molecular complexity index is 1420. The molecule has 15 heteroatoms. The molecule has 1 aliphatic carbocycles. The second-order valence-corrected chi connectivity index (χ2v) is 12.6. The summed E-state index contributed by atoms with van der Waals surface area (Å²) in [5.41, 5.74) is -2.00. The van der Waals surface area contributed by atoms with E-state index >= 15 is 0 Å². The zero-order valence-electron chi connectivity index (χ0n) is 23.2. The number of rotatable bonds is 9. The van der Waals surface area contributed by atoms with E-state index in [1.54, 1.807) is 4.90 Å². The van der Waals surface area contributed by atoms with Crippen LogP contribution in [-0.4, -0.2) is 67.5 Å². The largest absolute Gasteiger partial charge is 0.488 e. The summed E-state index contributed by atoms with van der Waals surface area (Å²) in [7, 11) is -1.96. The van der Waals surface area contributed by atoms with Gasteiger partial charge in [0.1, 0.15) is 17.3 Å². The molecule has 9 nitrogen and oxygen atoms in total. The lowest BCUT2D eigenvalue weighted by molar-refractivity contribution is -0.139. The molecule has 2 heterocycles. The number of halogens is 5. The average molecular weight is 622 g/mol. The molecule has 2 aliphatic rings. The first-order valence-electron chi connectivity index (χ1n) is 13.3. The minimum atomic E-state index is -4.97. The summed E-state index contributed by atoms with van der Waals surface area (Å²) in [5, 5.41) is 9.51. The molecule has 0 unspecified atom stereocenters. The van der Waals surface area contributed by atoms with Crippen LogP contribution >= 0.6 is 0 Å². The van der Waals surface area contributed by atoms with Crippen molar-refractivity contribution in [3.8, 4) is 11.6 Å².